The van der Waals surface area contributed by atoms with Crippen molar-refractivity contribution in [1.82, 2.24) is 0 Å². The van der Waals surface area contributed by atoms with Gasteiger partial charge in [-0.15, -0.1) is 11.3 Å². The van der Waals surface area contributed by atoms with E-state index in [1.807, 2.05) is 0 Å². The molecule has 0 saturated carbocycles. The average Bonchev–Trinajstić information content (AvgIpc) is 2.82. The first-order valence-corrected chi connectivity index (χ1v) is 7.12. The van der Waals surface area contributed by atoms with Crippen molar-refractivity contribution < 1.29 is 18.0 Å². The van der Waals surface area contributed by atoms with Crippen LogP contribution in [-0.4, -0.2) is 5.78 Å². The highest BCUT2D eigenvalue weighted by Gasteiger charge is 2.29. The minimum absolute atomic E-state index is 0.180. The second-order valence-electron chi connectivity index (χ2n) is 3.92. The molecule has 1 heterocycles. The van der Waals surface area contributed by atoms with Gasteiger partial charge in [0.05, 0.1) is 14.2 Å². The Morgan fingerprint density at radius 1 is 1.10 bits per heavy atom. The monoisotopic (exact) mass is 360 g/mol. The number of benzene rings is 1. The lowest BCUT2D eigenvalue weighted by Gasteiger charge is -2.05. The van der Waals surface area contributed by atoms with Gasteiger partial charge in [-0.25, -0.2) is 0 Å². The predicted octanol–water partition coefficient (Wildman–Crippen LogP) is 5.43. The van der Waals surface area contributed by atoms with Crippen LogP contribution in [0, 0.1) is 0 Å². The highest BCUT2D eigenvalue weighted by atomic mass is 79.9. The van der Waals surface area contributed by atoms with Gasteiger partial charge in [-0.2, -0.15) is 13.2 Å². The van der Waals surface area contributed by atoms with Gasteiger partial charge in [0.15, 0.2) is 5.78 Å². The highest BCUT2D eigenvalue weighted by molar-refractivity contribution is 9.11. The Kier molecular flexibility index (Phi) is 4.45. The molecule has 20 heavy (non-hydrogen) atoms. The van der Waals surface area contributed by atoms with Crippen LogP contribution in [-0.2, 0) is 6.18 Å². The third-order valence-corrected chi connectivity index (χ3v) is 4.12. The molecule has 1 aromatic carbocycles. The molecule has 0 aliphatic carbocycles. The van der Waals surface area contributed by atoms with Crippen molar-refractivity contribution in [3.63, 3.8) is 0 Å². The maximum atomic E-state index is 12.4. The number of halogens is 4. The van der Waals surface area contributed by atoms with Crippen LogP contribution in [0.1, 0.15) is 20.8 Å². The number of carbonyl (C=O) groups excluding carboxylic acids is 1. The van der Waals surface area contributed by atoms with E-state index < -0.39 is 11.7 Å². The van der Waals surface area contributed by atoms with E-state index >= 15 is 0 Å². The van der Waals surface area contributed by atoms with Crippen molar-refractivity contribution in [1.29, 1.82) is 0 Å². The fraction of sp³-hybridized carbons (Fsp3) is 0.0714. The Labute approximate surface area is 125 Å². The molecule has 0 saturated heterocycles. The van der Waals surface area contributed by atoms with Gasteiger partial charge in [0.25, 0.3) is 0 Å². The van der Waals surface area contributed by atoms with Crippen molar-refractivity contribution in [2.75, 3.05) is 0 Å². The zero-order chi connectivity index (χ0) is 14.8. The van der Waals surface area contributed by atoms with E-state index in [1.54, 1.807) is 12.1 Å². The molecular weight excluding hydrogens is 353 g/mol. The maximum Gasteiger partial charge on any atom is 0.416 e. The van der Waals surface area contributed by atoms with Crippen molar-refractivity contribution in [3.8, 4) is 0 Å². The summed E-state index contributed by atoms with van der Waals surface area (Å²) in [6.45, 7) is 0. The summed E-state index contributed by atoms with van der Waals surface area (Å²) >= 11 is 4.56. The van der Waals surface area contributed by atoms with Crippen LogP contribution in [0.2, 0.25) is 0 Å². The van der Waals surface area contributed by atoms with Crippen LogP contribution >= 0.6 is 27.3 Å². The van der Waals surface area contributed by atoms with Crippen LogP contribution in [0.25, 0.3) is 6.08 Å². The summed E-state index contributed by atoms with van der Waals surface area (Å²) in [4.78, 5) is 12.3. The van der Waals surface area contributed by atoms with Gasteiger partial charge in [0.2, 0.25) is 0 Å². The van der Waals surface area contributed by atoms with E-state index in [9.17, 15) is 18.0 Å². The van der Waals surface area contributed by atoms with Gasteiger partial charge in [-0.1, -0.05) is 18.2 Å². The van der Waals surface area contributed by atoms with Crippen LogP contribution in [0.3, 0.4) is 0 Å². The summed E-state index contributed by atoms with van der Waals surface area (Å²) in [5.41, 5.74) is -0.162. The summed E-state index contributed by atoms with van der Waals surface area (Å²) in [6.07, 6.45) is -1.50. The molecule has 0 spiro atoms. The number of hydrogen-bond donors (Lipinski definition) is 0. The summed E-state index contributed by atoms with van der Waals surface area (Å²) < 4.78 is 38.0. The molecule has 1 aromatic heterocycles. The summed E-state index contributed by atoms with van der Waals surface area (Å²) in [5.74, 6) is -0.180. The van der Waals surface area contributed by atoms with Crippen molar-refractivity contribution in [2.24, 2.45) is 0 Å². The van der Waals surface area contributed by atoms with Crippen molar-refractivity contribution in [2.45, 2.75) is 6.18 Å². The van der Waals surface area contributed by atoms with E-state index in [1.165, 1.54) is 35.6 Å². The Balaban J connectivity index is 2.10. The lowest BCUT2D eigenvalue weighted by molar-refractivity contribution is -0.137. The smallest absolute Gasteiger partial charge is 0.288 e. The number of rotatable bonds is 3. The van der Waals surface area contributed by atoms with E-state index in [4.69, 9.17) is 0 Å². The minimum atomic E-state index is -4.35. The first-order chi connectivity index (χ1) is 9.36. The molecule has 2 aromatic rings. The largest absolute Gasteiger partial charge is 0.416 e. The third-order valence-electron chi connectivity index (χ3n) is 2.48. The topological polar surface area (TPSA) is 17.1 Å². The van der Waals surface area contributed by atoms with Gasteiger partial charge in [0.1, 0.15) is 0 Å². The van der Waals surface area contributed by atoms with Crippen molar-refractivity contribution >= 4 is 39.1 Å². The fourth-order valence-electron chi connectivity index (χ4n) is 1.48. The lowest BCUT2D eigenvalue weighted by atomic mass is 10.1. The predicted molar refractivity (Wildman–Crippen MR) is 76.8 cm³/mol. The number of thiophene rings is 1. The first kappa shape index (κ1) is 15.0. The van der Waals surface area contributed by atoms with Gasteiger partial charge >= 0.3 is 6.18 Å². The molecule has 0 unspecified atom stereocenters. The summed E-state index contributed by atoms with van der Waals surface area (Å²) in [7, 11) is 0. The number of alkyl halides is 3. The van der Waals surface area contributed by atoms with Crippen molar-refractivity contribution in [3.05, 3.63) is 62.3 Å². The lowest BCUT2D eigenvalue weighted by Crippen LogP contribution is -2.03. The number of hydrogen-bond acceptors (Lipinski definition) is 2. The van der Waals surface area contributed by atoms with Crippen LogP contribution in [0.4, 0.5) is 13.2 Å². The molecule has 0 aliphatic heterocycles. The molecule has 6 heteroatoms. The van der Waals surface area contributed by atoms with E-state index in [-0.39, 0.29) is 5.78 Å². The molecule has 0 amide bonds. The Morgan fingerprint density at radius 3 is 2.25 bits per heavy atom. The first-order valence-electron chi connectivity index (χ1n) is 5.51. The molecule has 0 N–H and O–H groups in total. The second-order valence-corrected chi connectivity index (χ2v) is 6.38. The molecule has 2 rings (SSSR count). The minimum Gasteiger partial charge on any atom is -0.288 e. The molecule has 0 atom stereocenters. The normalized spacial score (nSPS) is 12.0. The van der Waals surface area contributed by atoms with E-state index in [0.29, 0.717) is 10.4 Å². The van der Waals surface area contributed by atoms with E-state index in [2.05, 4.69) is 15.9 Å². The Hall–Kier alpha value is -1.40. The highest BCUT2D eigenvalue weighted by Crippen LogP contribution is 2.29. The standard InChI is InChI=1S/C14H8BrF3OS/c15-13-8-7-12(20-13)11(19)6-3-9-1-4-10(5-2-9)14(16,17)18/h1-8H/b6-3+. The quantitative estimate of drug-likeness (QED) is 0.527. The van der Waals surface area contributed by atoms with Gasteiger partial charge in [0, 0.05) is 0 Å². The van der Waals surface area contributed by atoms with Crippen LogP contribution in [0.5, 0.6) is 0 Å². The average molecular weight is 361 g/mol. The number of ketones is 1. The maximum absolute atomic E-state index is 12.4. The molecule has 0 fully saturated rings. The fourth-order valence-corrected chi connectivity index (χ4v) is 2.79. The Morgan fingerprint density at radius 2 is 1.75 bits per heavy atom. The zero-order valence-electron chi connectivity index (χ0n) is 9.95. The second kappa shape index (κ2) is 5.93. The summed E-state index contributed by atoms with van der Waals surface area (Å²) in [5, 5.41) is 0. The number of allylic oxidation sites excluding steroid dienone is 1. The molecule has 104 valence electrons. The van der Waals surface area contributed by atoms with Gasteiger partial charge in [-0.3, -0.25) is 4.79 Å². The summed E-state index contributed by atoms with van der Waals surface area (Å²) in [6, 6.07) is 8.10. The molecule has 0 radical (unpaired) electrons. The van der Waals surface area contributed by atoms with E-state index in [0.717, 1.165) is 15.9 Å². The zero-order valence-corrected chi connectivity index (χ0v) is 12.3. The molecular formula is C14H8BrF3OS. The van der Waals surface area contributed by atoms with Gasteiger partial charge in [-0.05, 0) is 51.8 Å². The SMILES string of the molecule is O=C(/C=C/c1ccc(C(F)(F)F)cc1)c1ccc(Br)s1. The Bertz CT molecular complexity index is 641. The third kappa shape index (κ3) is 3.80. The van der Waals surface area contributed by atoms with Crippen LogP contribution in [0.15, 0.2) is 46.3 Å². The number of carbonyl (C=O) groups is 1. The molecule has 0 bridgehead atoms. The molecule has 1 nitrogen and oxygen atoms in total. The van der Waals surface area contributed by atoms with Gasteiger partial charge < -0.3 is 0 Å². The van der Waals surface area contributed by atoms with Crippen LogP contribution < -0.4 is 0 Å². The molecule has 0 aliphatic rings.